The van der Waals surface area contributed by atoms with Gasteiger partial charge in [0.05, 0.1) is 0 Å². The topological polar surface area (TPSA) is 12.9 Å². The first-order chi connectivity index (χ1) is 10.3. The SMILES string of the molecule is CCC(CC)c1ccc(-c2ccc3cnccc3c2)cc1. The summed E-state index contributed by atoms with van der Waals surface area (Å²) < 4.78 is 0. The van der Waals surface area contributed by atoms with Crippen LogP contribution < -0.4 is 0 Å². The molecule has 0 saturated carbocycles. The van der Waals surface area contributed by atoms with Crippen LogP contribution in [-0.4, -0.2) is 4.98 Å². The van der Waals surface area contributed by atoms with E-state index in [0.717, 1.165) is 0 Å². The Morgan fingerprint density at radius 1 is 0.810 bits per heavy atom. The molecule has 1 aromatic heterocycles. The second kappa shape index (κ2) is 6.09. The Bertz CT molecular complexity index is 724. The van der Waals surface area contributed by atoms with Gasteiger partial charge in [0.2, 0.25) is 0 Å². The third-order valence-electron chi connectivity index (χ3n) is 4.34. The predicted molar refractivity (Wildman–Crippen MR) is 90.5 cm³/mol. The van der Waals surface area contributed by atoms with Gasteiger partial charge in [0.25, 0.3) is 0 Å². The highest BCUT2D eigenvalue weighted by atomic mass is 14.6. The summed E-state index contributed by atoms with van der Waals surface area (Å²) in [5, 5.41) is 2.43. The van der Waals surface area contributed by atoms with Crippen molar-refractivity contribution in [1.29, 1.82) is 0 Å². The van der Waals surface area contributed by atoms with Gasteiger partial charge < -0.3 is 0 Å². The van der Waals surface area contributed by atoms with E-state index >= 15 is 0 Å². The fourth-order valence-corrected chi connectivity index (χ4v) is 2.97. The third-order valence-corrected chi connectivity index (χ3v) is 4.34. The van der Waals surface area contributed by atoms with Crippen LogP contribution in [0.1, 0.15) is 38.2 Å². The fourth-order valence-electron chi connectivity index (χ4n) is 2.97. The first-order valence-corrected chi connectivity index (χ1v) is 7.76. The van der Waals surface area contributed by atoms with Crippen LogP contribution in [0, 0.1) is 0 Å². The van der Waals surface area contributed by atoms with Crippen molar-refractivity contribution in [3.8, 4) is 11.1 Å². The van der Waals surface area contributed by atoms with Gasteiger partial charge in [-0.2, -0.15) is 0 Å². The number of hydrogen-bond donors (Lipinski definition) is 0. The number of benzene rings is 2. The van der Waals surface area contributed by atoms with Crippen LogP contribution in [0.25, 0.3) is 21.9 Å². The van der Waals surface area contributed by atoms with E-state index in [2.05, 4.69) is 67.4 Å². The highest BCUT2D eigenvalue weighted by molar-refractivity contribution is 5.86. The van der Waals surface area contributed by atoms with Crippen molar-refractivity contribution < 1.29 is 0 Å². The number of rotatable bonds is 4. The van der Waals surface area contributed by atoms with Gasteiger partial charge in [-0.15, -0.1) is 0 Å². The molecule has 1 heteroatoms. The van der Waals surface area contributed by atoms with E-state index in [1.54, 1.807) is 0 Å². The minimum absolute atomic E-state index is 0.682. The molecule has 0 aliphatic heterocycles. The van der Waals surface area contributed by atoms with E-state index in [4.69, 9.17) is 0 Å². The van der Waals surface area contributed by atoms with Crippen molar-refractivity contribution in [2.45, 2.75) is 32.6 Å². The Morgan fingerprint density at radius 3 is 2.24 bits per heavy atom. The maximum atomic E-state index is 4.17. The quantitative estimate of drug-likeness (QED) is 0.586. The maximum Gasteiger partial charge on any atom is 0.0346 e. The molecule has 2 aromatic carbocycles. The lowest BCUT2D eigenvalue weighted by molar-refractivity contribution is 0.642. The molecule has 21 heavy (non-hydrogen) atoms. The smallest absolute Gasteiger partial charge is 0.0346 e. The molecule has 0 bridgehead atoms. The van der Waals surface area contributed by atoms with Crippen LogP contribution in [0.2, 0.25) is 0 Å². The molecule has 0 N–H and O–H groups in total. The van der Waals surface area contributed by atoms with E-state index in [9.17, 15) is 0 Å². The van der Waals surface area contributed by atoms with Crippen LogP contribution in [0.5, 0.6) is 0 Å². The molecule has 0 unspecified atom stereocenters. The summed E-state index contributed by atoms with van der Waals surface area (Å²) in [6.45, 7) is 4.53. The normalized spacial score (nSPS) is 11.2. The standard InChI is InChI=1S/C20H21N/c1-3-15(4-2)16-5-7-17(8-6-16)18-9-10-20-14-21-12-11-19(20)13-18/h5-15H,3-4H2,1-2H3. The zero-order chi connectivity index (χ0) is 14.7. The fraction of sp³-hybridized carbons (Fsp3) is 0.250. The first kappa shape index (κ1) is 13.8. The zero-order valence-corrected chi connectivity index (χ0v) is 12.7. The van der Waals surface area contributed by atoms with Gasteiger partial charge >= 0.3 is 0 Å². The molecular weight excluding hydrogens is 254 g/mol. The van der Waals surface area contributed by atoms with Gasteiger partial charge in [-0.1, -0.05) is 50.2 Å². The van der Waals surface area contributed by atoms with Crippen LogP contribution in [0.3, 0.4) is 0 Å². The van der Waals surface area contributed by atoms with Gasteiger partial charge in [-0.25, -0.2) is 0 Å². The van der Waals surface area contributed by atoms with E-state index in [1.807, 2.05) is 12.4 Å². The monoisotopic (exact) mass is 275 g/mol. The number of nitrogens with zero attached hydrogens (tertiary/aromatic N) is 1. The predicted octanol–water partition coefficient (Wildman–Crippen LogP) is 5.81. The number of hydrogen-bond acceptors (Lipinski definition) is 1. The molecule has 1 heterocycles. The van der Waals surface area contributed by atoms with Crippen molar-refractivity contribution in [2.24, 2.45) is 0 Å². The summed E-state index contributed by atoms with van der Waals surface area (Å²) in [5.41, 5.74) is 4.00. The van der Waals surface area contributed by atoms with Gasteiger partial charge in [0, 0.05) is 17.8 Å². The molecule has 0 aliphatic carbocycles. The van der Waals surface area contributed by atoms with Crippen molar-refractivity contribution in [3.63, 3.8) is 0 Å². The van der Waals surface area contributed by atoms with Gasteiger partial charge in [0.1, 0.15) is 0 Å². The molecule has 0 amide bonds. The Hall–Kier alpha value is -2.15. The summed E-state index contributed by atoms with van der Waals surface area (Å²) >= 11 is 0. The lowest BCUT2D eigenvalue weighted by Gasteiger charge is -2.13. The van der Waals surface area contributed by atoms with Gasteiger partial charge in [0.15, 0.2) is 0 Å². The second-order valence-electron chi connectivity index (χ2n) is 5.57. The summed E-state index contributed by atoms with van der Waals surface area (Å²) in [5.74, 6) is 0.682. The Morgan fingerprint density at radius 2 is 1.52 bits per heavy atom. The Balaban J connectivity index is 1.95. The lowest BCUT2D eigenvalue weighted by Crippen LogP contribution is -1.94. The molecule has 0 saturated heterocycles. The highest BCUT2D eigenvalue weighted by Crippen LogP contribution is 2.28. The number of aromatic nitrogens is 1. The van der Waals surface area contributed by atoms with E-state index in [-0.39, 0.29) is 0 Å². The first-order valence-electron chi connectivity index (χ1n) is 7.76. The largest absolute Gasteiger partial charge is 0.264 e. The second-order valence-corrected chi connectivity index (χ2v) is 5.57. The number of fused-ring (bicyclic) bond motifs is 1. The highest BCUT2D eigenvalue weighted by Gasteiger charge is 2.07. The van der Waals surface area contributed by atoms with E-state index in [0.29, 0.717) is 5.92 Å². The summed E-state index contributed by atoms with van der Waals surface area (Å²) in [7, 11) is 0. The molecule has 0 spiro atoms. The van der Waals surface area contributed by atoms with E-state index < -0.39 is 0 Å². The minimum atomic E-state index is 0.682. The van der Waals surface area contributed by atoms with Gasteiger partial charge in [-0.3, -0.25) is 4.98 Å². The molecule has 0 aliphatic rings. The molecule has 3 rings (SSSR count). The molecule has 0 radical (unpaired) electrons. The Kier molecular flexibility index (Phi) is 4.01. The average Bonchev–Trinajstić information content (AvgIpc) is 2.56. The van der Waals surface area contributed by atoms with Gasteiger partial charge in [-0.05, 0) is 53.0 Å². The molecule has 106 valence electrons. The van der Waals surface area contributed by atoms with Crippen molar-refractivity contribution in [1.82, 2.24) is 4.98 Å². The molecule has 3 aromatic rings. The van der Waals surface area contributed by atoms with Crippen LogP contribution in [0.4, 0.5) is 0 Å². The van der Waals surface area contributed by atoms with Crippen molar-refractivity contribution >= 4 is 10.8 Å². The van der Waals surface area contributed by atoms with Crippen LogP contribution in [-0.2, 0) is 0 Å². The summed E-state index contributed by atoms with van der Waals surface area (Å²) in [4.78, 5) is 4.17. The zero-order valence-electron chi connectivity index (χ0n) is 12.7. The molecule has 0 atom stereocenters. The Labute approximate surface area is 126 Å². The molecular formula is C20H21N. The molecule has 0 fully saturated rings. The van der Waals surface area contributed by atoms with Crippen molar-refractivity contribution in [2.75, 3.05) is 0 Å². The maximum absolute atomic E-state index is 4.17. The number of pyridine rings is 1. The summed E-state index contributed by atoms with van der Waals surface area (Å²) in [6.07, 6.45) is 6.18. The third kappa shape index (κ3) is 2.82. The van der Waals surface area contributed by atoms with E-state index in [1.165, 1.54) is 40.3 Å². The molecule has 1 nitrogen and oxygen atoms in total. The van der Waals surface area contributed by atoms with Crippen molar-refractivity contribution in [3.05, 3.63) is 66.5 Å². The summed E-state index contributed by atoms with van der Waals surface area (Å²) in [6, 6.07) is 17.7. The lowest BCUT2D eigenvalue weighted by atomic mass is 9.92. The van der Waals surface area contributed by atoms with Crippen LogP contribution in [0.15, 0.2) is 60.9 Å². The van der Waals surface area contributed by atoms with Crippen LogP contribution >= 0.6 is 0 Å². The average molecular weight is 275 g/mol. The minimum Gasteiger partial charge on any atom is -0.264 e.